The summed E-state index contributed by atoms with van der Waals surface area (Å²) >= 11 is 3.27. The minimum absolute atomic E-state index is 0.490. The van der Waals surface area contributed by atoms with Crippen LogP contribution in [0.25, 0.3) is 0 Å². The van der Waals surface area contributed by atoms with E-state index < -0.39 is 0 Å². The molecule has 14 heavy (non-hydrogen) atoms. The largest absolute Gasteiger partial charge is 0.383 e. The van der Waals surface area contributed by atoms with Crippen LogP contribution < -0.4 is 10.6 Å². The first-order chi connectivity index (χ1) is 6.69. The number of aromatic nitrogens is 2. The topological polar surface area (TPSA) is 55.0 Å². The number of rotatable bonds is 4. The highest BCUT2D eigenvalue weighted by Gasteiger charge is 2.07. The van der Waals surface area contributed by atoms with Gasteiger partial charge >= 0.3 is 0 Å². The van der Waals surface area contributed by atoms with Crippen LogP contribution in [0.5, 0.6) is 0 Å². The highest BCUT2D eigenvalue weighted by molar-refractivity contribution is 9.10. The predicted molar refractivity (Wildman–Crippen MR) is 62.3 cm³/mol. The number of hydrogen-bond acceptors (Lipinski definition) is 4. The molecule has 5 heteroatoms. The molecule has 0 radical (unpaired) electrons. The van der Waals surface area contributed by atoms with Crippen molar-refractivity contribution in [1.82, 2.24) is 9.97 Å². The predicted octanol–water partition coefficient (Wildman–Crippen LogP) is 2.06. The second-order valence-corrected chi connectivity index (χ2v) is 3.84. The zero-order valence-electron chi connectivity index (χ0n) is 8.50. The van der Waals surface area contributed by atoms with Gasteiger partial charge in [-0.15, -0.1) is 0 Å². The summed E-state index contributed by atoms with van der Waals surface area (Å²) in [6.45, 7) is 6.06. The second kappa shape index (κ2) is 5.14. The number of anilines is 2. The number of nitrogen functional groups attached to an aromatic ring is 1. The fourth-order valence-corrected chi connectivity index (χ4v) is 1.38. The van der Waals surface area contributed by atoms with Crippen LogP contribution in [0.15, 0.2) is 10.7 Å². The lowest BCUT2D eigenvalue weighted by Crippen LogP contribution is -2.25. The molecule has 0 atom stereocenters. The van der Waals surface area contributed by atoms with Crippen LogP contribution in [0.1, 0.15) is 20.3 Å². The highest BCUT2D eigenvalue weighted by Crippen LogP contribution is 2.18. The van der Waals surface area contributed by atoms with Gasteiger partial charge in [-0.25, -0.2) is 4.98 Å². The Labute approximate surface area is 92.7 Å². The van der Waals surface area contributed by atoms with E-state index in [9.17, 15) is 0 Å². The zero-order chi connectivity index (χ0) is 10.6. The van der Waals surface area contributed by atoms with Crippen molar-refractivity contribution in [1.29, 1.82) is 0 Å². The average molecular weight is 259 g/mol. The monoisotopic (exact) mass is 258 g/mol. The first-order valence-electron chi connectivity index (χ1n) is 4.72. The molecule has 1 rings (SSSR count). The normalized spacial score (nSPS) is 10.2. The molecule has 0 fully saturated rings. The zero-order valence-corrected chi connectivity index (χ0v) is 10.1. The van der Waals surface area contributed by atoms with Crippen molar-refractivity contribution < 1.29 is 0 Å². The fourth-order valence-electron chi connectivity index (χ4n) is 1.19. The van der Waals surface area contributed by atoms with Gasteiger partial charge in [-0.2, -0.15) is 4.98 Å². The maximum atomic E-state index is 5.68. The van der Waals surface area contributed by atoms with Gasteiger partial charge in [-0.3, -0.25) is 0 Å². The van der Waals surface area contributed by atoms with Gasteiger partial charge in [0.1, 0.15) is 5.82 Å². The van der Waals surface area contributed by atoms with Gasteiger partial charge in [-0.05, 0) is 29.3 Å². The maximum absolute atomic E-state index is 5.68. The molecule has 0 aliphatic heterocycles. The molecule has 1 aromatic rings. The van der Waals surface area contributed by atoms with Crippen molar-refractivity contribution in [3.05, 3.63) is 10.7 Å². The summed E-state index contributed by atoms with van der Waals surface area (Å²) in [5.41, 5.74) is 5.68. The SMILES string of the molecule is CCCN(CC)c1ncc(Br)c(N)n1. The van der Waals surface area contributed by atoms with E-state index in [2.05, 4.69) is 44.6 Å². The summed E-state index contributed by atoms with van der Waals surface area (Å²) in [6.07, 6.45) is 2.77. The molecule has 0 unspecified atom stereocenters. The molecule has 1 aromatic heterocycles. The Kier molecular flexibility index (Phi) is 4.13. The van der Waals surface area contributed by atoms with E-state index in [1.54, 1.807) is 6.20 Å². The van der Waals surface area contributed by atoms with Crippen LogP contribution >= 0.6 is 15.9 Å². The van der Waals surface area contributed by atoms with Gasteiger partial charge in [-0.1, -0.05) is 6.92 Å². The standard InChI is InChI=1S/C9H15BrN4/c1-3-5-14(4-2)9-12-6-7(10)8(11)13-9/h6H,3-5H2,1-2H3,(H2,11,12,13). The third kappa shape index (κ3) is 2.57. The van der Waals surface area contributed by atoms with Gasteiger partial charge < -0.3 is 10.6 Å². The quantitative estimate of drug-likeness (QED) is 0.899. The summed E-state index contributed by atoms with van der Waals surface area (Å²) in [7, 11) is 0. The fraction of sp³-hybridized carbons (Fsp3) is 0.556. The van der Waals surface area contributed by atoms with Crippen LogP contribution in [0.4, 0.5) is 11.8 Å². The van der Waals surface area contributed by atoms with E-state index in [1.807, 2.05) is 0 Å². The molecule has 2 N–H and O–H groups in total. The molecule has 0 aliphatic rings. The number of nitrogens with zero attached hydrogens (tertiary/aromatic N) is 3. The van der Waals surface area contributed by atoms with Crippen LogP contribution in [0.3, 0.4) is 0 Å². The van der Waals surface area contributed by atoms with Crippen LogP contribution in [-0.4, -0.2) is 23.1 Å². The van der Waals surface area contributed by atoms with Crippen molar-refractivity contribution in [2.75, 3.05) is 23.7 Å². The molecular weight excluding hydrogens is 244 g/mol. The lowest BCUT2D eigenvalue weighted by molar-refractivity contribution is 0.762. The lowest BCUT2D eigenvalue weighted by Gasteiger charge is -2.19. The van der Waals surface area contributed by atoms with E-state index in [1.165, 1.54) is 0 Å². The first kappa shape index (κ1) is 11.2. The van der Waals surface area contributed by atoms with Crippen LogP contribution in [0, 0.1) is 0 Å². The molecular formula is C9H15BrN4. The molecule has 4 nitrogen and oxygen atoms in total. The van der Waals surface area contributed by atoms with Crippen molar-refractivity contribution in [3.8, 4) is 0 Å². The summed E-state index contributed by atoms with van der Waals surface area (Å²) in [4.78, 5) is 10.5. The molecule has 0 amide bonds. The van der Waals surface area contributed by atoms with E-state index in [0.29, 0.717) is 11.8 Å². The van der Waals surface area contributed by atoms with Gasteiger partial charge in [0, 0.05) is 19.3 Å². The molecule has 0 saturated carbocycles. The van der Waals surface area contributed by atoms with Crippen molar-refractivity contribution in [2.45, 2.75) is 20.3 Å². The first-order valence-corrected chi connectivity index (χ1v) is 5.51. The van der Waals surface area contributed by atoms with Gasteiger partial charge in [0.2, 0.25) is 5.95 Å². The third-order valence-corrected chi connectivity index (χ3v) is 2.53. The summed E-state index contributed by atoms with van der Waals surface area (Å²) in [5.74, 6) is 1.19. The lowest BCUT2D eigenvalue weighted by atomic mass is 10.4. The number of halogens is 1. The Morgan fingerprint density at radius 1 is 1.50 bits per heavy atom. The molecule has 0 aromatic carbocycles. The molecule has 0 bridgehead atoms. The van der Waals surface area contributed by atoms with Crippen molar-refractivity contribution in [3.63, 3.8) is 0 Å². The smallest absolute Gasteiger partial charge is 0.227 e. The Balaban J connectivity index is 2.88. The number of hydrogen-bond donors (Lipinski definition) is 1. The second-order valence-electron chi connectivity index (χ2n) is 2.98. The molecule has 0 aliphatic carbocycles. The molecule has 1 heterocycles. The minimum Gasteiger partial charge on any atom is -0.383 e. The van der Waals surface area contributed by atoms with E-state index >= 15 is 0 Å². The number of nitrogens with two attached hydrogens (primary N) is 1. The van der Waals surface area contributed by atoms with Crippen molar-refractivity contribution >= 4 is 27.7 Å². The Morgan fingerprint density at radius 2 is 2.21 bits per heavy atom. The Bertz CT molecular complexity index is 303. The molecule has 78 valence electrons. The van der Waals surface area contributed by atoms with Crippen LogP contribution in [0.2, 0.25) is 0 Å². The van der Waals surface area contributed by atoms with Gasteiger partial charge in [0.05, 0.1) is 4.47 Å². The maximum Gasteiger partial charge on any atom is 0.227 e. The highest BCUT2D eigenvalue weighted by atomic mass is 79.9. The molecule has 0 spiro atoms. The van der Waals surface area contributed by atoms with Crippen molar-refractivity contribution in [2.24, 2.45) is 0 Å². The average Bonchev–Trinajstić information content (AvgIpc) is 2.19. The minimum atomic E-state index is 0.490. The Morgan fingerprint density at radius 3 is 2.71 bits per heavy atom. The van der Waals surface area contributed by atoms with Crippen LogP contribution in [-0.2, 0) is 0 Å². The summed E-state index contributed by atoms with van der Waals surface area (Å²) in [5, 5.41) is 0. The van der Waals surface area contributed by atoms with E-state index in [-0.39, 0.29) is 0 Å². The van der Waals surface area contributed by atoms with Gasteiger partial charge in [0.25, 0.3) is 0 Å². The Hall–Kier alpha value is -0.840. The molecule has 0 saturated heterocycles. The van der Waals surface area contributed by atoms with E-state index in [0.717, 1.165) is 24.0 Å². The summed E-state index contributed by atoms with van der Waals surface area (Å²) in [6, 6.07) is 0. The van der Waals surface area contributed by atoms with E-state index in [4.69, 9.17) is 5.73 Å². The van der Waals surface area contributed by atoms with Gasteiger partial charge in [0.15, 0.2) is 0 Å². The summed E-state index contributed by atoms with van der Waals surface area (Å²) < 4.78 is 0.744. The third-order valence-electron chi connectivity index (χ3n) is 1.92.